The van der Waals surface area contributed by atoms with E-state index in [9.17, 15) is 23.2 Å². The Bertz CT molecular complexity index is 1280. The smallest absolute Gasteiger partial charge is 0.325 e. The summed E-state index contributed by atoms with van der Waals surface area (Å²) in [5.74, 6) is -3.13. The third kappa shape index (κ3) is 4.65. The second kappa shape index (κ2) is 9.18. The van der Waals surface area contributed by atoms with Crippen LogP contribution in [0, 0.1) is 11.6 Å². The first-order valence-electron chi connectivity index (χ1n) is 10.2. The van der Waals surface area contributed by atoms with Gasteiger partial charge in [-0.3, -0.25) is 14.5 Å². The SMILES string of the molecule is CC1(c2cc(F)ccc2F)NC(=O)N(CC(=O)Nc2ccc(N=Nc3ccccc3)cc2)C1=O. The number of amides is 4. The third-order valence-corrected chi connectivity index (χ3v) is 5.23. The maximum atomic E-state index is 14.2. The maximum Gasteiger partial charge on any atom is 0.325 e. The van der Waals surface area contributed by atoms with Gasteiger partial charge in [-0.2, -0.15) is 10.2 Å². The van der Waals surface area contributed by atoms with Crippen LogP contribution in [0.4, 0.5) is 30.6 Å². The van der Waals surface area contributed by atoms with Gasteiger partial charge >= 0.3 is 6.03 Å². The van der Waals surface area contributed by atoms with Gasteiger partial charge < -0.3 is 10.6 Å². The van der Waals surface area contributed by atoms with E-state index in [1.165, 1.54) is 6.92 Å². The minimum absolute atomic E-state index is 0.325. The zero-order valence-corrected chi connectivity index (χ0v) is 18.0. The highest BCUT2D eigenvalue weighted by atomic mass is 19.1. The summed E-state index contributed by atoms with van der Waals surface area (Å²) in [6, 6.07) is 17.4. The molecule has 1 atom stereocenters. The van der Waals surface area contributed by atoms with E-state index in [0.29, 0.717) is 22.0 Å². The van der Waals surface area contributed by atoms with Crippen molar-refractivity contribution >= 4 is 34.9 Å². The number of benzene rings is 3. The van der Waals surface area contributed by atoms with Gasteiger partial charge in [0.1, 0.15) is 23.7 Å². The summed E-state index contributed by atoms with van der Waals surface area (Å²) in [6.45, 7) is 0.651. The number of nitrogens with one attached hydrogen (secondary N) is 2. The molecule has 4 amide bonds. The molecule has 0 aliphatic carbocycles. The van der Waals surface area contributed by atoms with Crippen LogP contribution in [0.5, 0.6) is 0 Å². The van der Waals surface area contributed by atoms with Crippen molar-refractivity contribution in [1.29, 1.82) is 0 Å². The number of nitrogens with zero attached hydrogens (tertiary/aromatic N) is 3. The molecule has 1 unspecified atom stereocenters. The van der Waals surface area contributed by atoms with Crippen molar-refractivity contribution in [2.24, 2.45) is 10.2 Å². The minimum Gasteiger partial charge on any atom is -0.325 e. The van der Waals surface area contributed by atoms with E-state index in [-0.39, 0.29) is 5.56 Å². The molecule has 2 N–H and O–H groups in total. The number of halogens is 2. The van der Waals surface area contributed by atoms with Crippen LogP contribution in [0.15, 0.2) is 83.0 Å². The number of azo groups is 1. The van der Waals surface area contributed by atoms with Crippen LogP contribution in [0.2, 0.25) is 0 Å². The topological polar surface area (TPSA) is 103 Å². The number of hydrogen-bond donors (Lipinski definition) is 2. The lowest BCUT2D eigenvalue weighted by molar-refractivity contribution is -0.133. The van der Waals surface area contributed by atoms with Crippen LogP contribution in [0.1, 0.15) is 12.5 Å². The fourth-order valence-electron chi connectivity index (χ4n) is 3.47. The van der Waals surface area contributed by atoms with Crippen LogP contribution in [-0.4, -0.2) is 29.3 Å². The van der Waals surface area contributed by atoms with Crippen LogP contribution >= 0.6 is 0 Å². The second-order valence-corrected chi connectivity index (χ2v) is 7.70. The molecule has 10 heteroatoms. The van der Waals surface area contributed by atoms with Gasteiger partial charge in [-0.05, 0) is 61.5 Å². The number of imide groups is 1. The normalized spacial score (nSPS) is 17.8. The Morgan fingerprint density at radius 2 is 1.62 bits per heavy atom. The average molecular weight is 463 g/mol. The van der Waals surface area contributed by atoms with Crippen molar-refractivity contribution in [2.45, 2.75) is 12.5 Å². The molecule has 172 valence electrons. The highest BCUT2D eigenvalue weighted by Crippen LogP contribution is 2.31. The van der Waals surface area contributed by atoms with Gasteiger partial charge in [0, 0.05) is 11.3 Å². The molecule has 1 fully saturated rings. The number of carbonyl (C=O) groups excluding carboxylic acids is 3. The number of anilines is 1. The summed E-state index contributed by atoms with van der Waals surface area (Å²) in [5.41, 5.74) is -0.499. The highest BCUT2D eigenvalue weighted by molar-refractivity contribution is 6.10. The Morgan fingerprint density at radius 3 is 2.29 bits per heavy atom. The number of hydrogen-bond acceptors (Lipinski definition) is 5. The fraction of sp³-hybridized carbons (Fsp3) is 0.125. The van der Waals surface area contributed by atoms with E-state index in [1.54, 1.807) is 24.3 Å². The molecule has 0 aromatic heterocycles. The molecule has 8 nitrogen and oxygen atoms in total. The molecule has 4 rings (SSSR count). The second-order valence-electron chi connectivity index (χ2n) is 7.70. The molecule has 1 heterocycles. The zero-order valence-electron chi connectivity index (χ0n) is 18.0. The summed E-state index contributed by atoms with van der Waals surface area (Å²) in [7, 11) is 0. The van der Waals surface area contributed by atoms with Gasteiger partial charge in [-0.1, -0.05) is 18.2 Å². The molecule has 1 saturated heterocycles. The van der Waals surface area contributed by atoms with Crippen LogP contribution < -0.4 is 10.6 Å². The number of rotatable bonds is 6. The standard InChI is InChI=1S/C24H19F2N5O3/c1-24(19-13-15(25)7-12-20(19)26)22(33)31(23(34)28-24)14-21(32)27-16-8-10-18(11-9-16)30-29-17-5-3-2-4-6-17/h2-13H,14H2,1H3,(H,27,32)(H,28,34). The Balaban J connectivity index is 1.41. The van der Waals surface area contributed by atoms with Gasteiger partial charge in [0.05, 0.1) is 11.4 Å². The summed E-state index contributed by atoms with van der Waals surface area (Å²) in [4.78, 5) is 38.4. The quantitative estimate of drug-likeness (QED) is 0.406. The monoisotopic (exact) mass is 463 g/mol. The van der Waals surface area contributed by atoms with E-state index < -0.39 is 41.6 Å². The number of urea groups is 1. The molecule has 3 aromatic rings. The largest absolute Gasteiger partial charge is 0.325 e. The summed E-state index contributed by atoms with van der Waals surface area (Å²) >= 11 is 0. The summed E-state index contributed by atoms with van der Waals surface area (Å²) in [5, 5.41) is 13.1. The van der Waals surface area contributed by atoms with Gasteiger partial charge in [-0.15, -0.1) is 0 Å². The molecule has 1 aliphatic heterocycles. The third-order valence-electron chi connectivity index (χ3n) is 5.23. The Labute approximate surface area is 193 Å². The molecule has 0 saturated carbocycles. The predicted molar refractivity (Wildman–Crippen MR) is 120 cm³/mol. The van der Waals surface area contributed by atoms with Crippen molar-refractivity contribution < 1.29 is 23.2 Å². The van der Waals surface area contributed by atoms with Crippen LogP contribution in [-0.2, 0) is 15.1 Å². The average Bonchev–Trinajstić information content (AvgIpc) is 3.04. The lowest BCUT2D eigenvalue weighted by atomic mass is 9.91. The molecule has 1 aliphatic rings. The molecule has 0 bridgehead atoms. The van der Waals surface area contributed by atoms with Crippen LogP contribution in [0.25, 0.3) is 0 Å². The van der Waals surface area contributed by atoms with E-state index in [0.717, 1.165) is 18.2 Å². The molecular weight excluding hydrogens is 444 g/mol. The summed E-state index contributed by atoms with van der Waals surface area (Å²) < 4.78 is 27.9. The first-order chi connectivity index (χ1) is 16.3. The first-order valence-corrected chi connectivity index (χ1v) is 10.2. The van der Waals surface area contributed by atoms with Gasteiger partial charge in [-0.25, -0.2) is 13.6 Å². The van der Waals surface area contributed by atoms with Gasteiger partial charge in [0.15, 0.2) is 0 Å². The zero-order chi connectivity index (χ0) is 24.3. The van der Waals surface area contributed by atoms with E-state index in [4.69, 9.17) is 0 Å². The van der Waals surface area contributed by atoms with Crippen molar-refractivity contribution in [3.63, 3.8) is 0 Å². The first kappa shape index (κ1) is 22.7. The highest BCUT2D eigenvalue weighted by Gasteiger charge is 2.50. The molecule has 0 radical (unpaired) electrons. The van der Waals surface area contributed by atoms with Crippen molar-refractivity contribution in [1.82, 2.24) is 10.2 Å². The summed E-state index contributed by atoms with van der Waals surface area (Å²) in [6.07, 6.45) is 0. The molecule has 34 heavy (non-hydrogen) atoms. The van der Waals surface area contributed by atoms with Crippen molar-refractivity contribution in [2.75, 3.05) is 11.9 Å². The Kier molecular flexibility index (Phi) is 6.13. The van der Waals surface area contributed by atoms with Crippen molar-refractivity contribution in [3.05, 3.63) is 90.0 Å². The lowest BCUT2D eigenvalue weighted by Crippen LogP contribution is -2.42. The van der Waals surface area contributed by atoms with E-state index in [1.807, 2.05) is 30.3 Å². The minimum atomic E-state index is -1.84. The predicted octanol–water partition coefficient (Wildman–Crippen LogP) is 4.79. The molecule has 0 spiro atoms. The van der Waals surface area contributed by atoms with Gasteiger partial charge in [0.2, 0.25) is 5.91 Å². The lowest BCUT2D eigenvalue weighted by Gasteiger charge is -2.22. The Hall–Kier alpha value is -4.47. The van der Waals surface area contributed by atoms with E-state index >= 15 is 0 Å². The number of carbonyl (C=O) groups is 3. The fourth-order valence-corrected chi connectivity index (χ4v) is 3.47. The van der Waals surface area contributed by atoms with Crippen LogP contribution in [0.3, 0.4) is 0 Å². The maximum absolute atomic E-state index is 14.2. The molecular formula is C24H19F2N5O3. The van der Waals surface area contributed by atoms with Gasteiger partial charge in [0.25, 0.3) is 5.91 Å². The van der Waals surface area contributed by atoms with Crippen molar-refractivity contribution in [3.8, 4) is 0 Å². The van der Waals surface area contributed by atoms with E-state index in [2.05, 4.69) is 20.9 Å². The Morgan fingerprint density at radius 1 is 0.971 bits per heavy atom. The molecule has 3 aromatic carbocycles.